The predicted molar refractivity (Wildman–Crippen MR) is 196 cm³/mol. The van der Waals surface area contributed by atoms with E-state index in [0.29, 0.717) is 39.4 Å². The summed E-state index contributed by atoms with van der Waals surface area (Å²) in [5, 5.41) is 25.8. The van der Waals surface area contributed by atoms with E-state index >= 15 is 4.39 Å². The number of nitrogens with one attached hydrogen (secondary N) is 1. The van der Waals surface area contributed by atoms with Crippen molar-refractivity contribution in [3.05, 3.63) is 110 Å². The molecule has 2 N–H and O–H groups in total. The van der Waals surface area contributed by atoms with Crippen molar-refractivity contribution in [1.29, 1.82) is 5.26 Å². The van der Waals surface area contributed by atoms with E-state index in [1.165, 1.54) is 6.20 Å². The molecule has 1 unspecified atom stereocenters. The SMILES string of the molecule is CC(c1cc2c(-c3ccc(C(C)(C)O)nc3)nc3c(F)c(-c4cccc(Cl)c4Cl)c(CCC#N)cc3c2n1[C@H]1[C@H]2CN[C@@H]1C2)n1ccncc1=O. The average molecular weight is 723 g/mol. The molecule has 51 heavy (non-hydrogen) atoms. The van der Waals surface area contributed by atoms with E-state index in [0.717, 1.165) is 29.6 Å². The molecule has 9 rings (SSSR count). The third kappa shape index (κ3) is 5.42. The van der Waals surface area contributed by atoms with Crippen LogP contribution in [0.4, 0.5) is 4.39 Å². The van der Waals surface area contributed by atoms with Gasteiger partial charge in [0.25, 0.3) is 5.56 Å². The van der Waals surface area contributed by atoms with E-state index in [4.69, 9.17) is 28.2 Å². The molecule has 2 aromatic carbocycles. The number of halogens is 3. The van der Waals surface area contributed by atoms with Crippen LogP contribution in [0.15, 0.2) is 72.0 Å². The summed E-state index contributed by atoms with van der Waals surface area (Å²) in [5.41, 5.74) is 3.30. The Labute approximate surface area is 303 Å². The number of rotatable bonds is 8. The highest BCUT2D eigenvalue weighted by Crippen LogP contribution is 2.50. The van der Waals surface area contributed by atoms with Gasteiger partial charge in [-0.3, -0.25) is 14.8 Å². The molecule has 2 bridgehead atoms. The number of nitrogens with zero attached hydrogens (tertiary/aromatic N) is 6. The Morgan fingerprint density at radius 2 is 2.00 bits per heavy atom. The summed E-state index contributed by atoms with van der Waals surface area (Å²) in [6, 6.07) is 14.7. The normalized spacial score (nSPS) is 19.0. The lowest BCUT2D eigenvalue weighted by molar-refractivity contribution is 0.0739. The highest BCUT2D eigenvalue weighted by Gasteiger charge is 2.49. The summed E-state index contributed by atoms with van der Waals surface area (Å²) in [6.45, 7) is 6.17. The number of aliphatic hydroxyl groups is 1. The van der Waals surface area contributed by atoms with Crippen molar-refractivity contribution in [3.63, 3.8) is 0 Å². The van der Waals surface area contributed by atoms with Gasteiger partial charge in [-0.1, -0.05) is 35.3 Å². The van der Waals surface area contributed by atoms with Crippen LogP contribution in [-0.4, -0.2) is 41.8 Å². The maximum atomic E-state index is 17.5. The number of hydrogen-bond acceptors (Lipinski definition) is 7. The average Bonchev–Trinajstić information content (AvgIpc) is 3.85. The van der Waals surface area contributed by atoms with E-state index in [9.17, 15) is 15.2 Å². The van der Waals surface area contributed by atoms with Crippen LogP contribution < -0.4 is 10.9 Å². The van der Waals surface area contributed by atoms with Crippen LogP contribution >= 0.6 is 23.2 Å². The Morgan fingerprint density at radius 3 is 2.67 bits per heavy atom. The Kier molecular flexibility index (Phi) is 8.23. The number of aromatic nitrogens is 5. The highest BCUT2D eigenvalue weighted by molar-refractivity contribution is 6.43. The summed E-state index contributed by atoms with van der Waals surface area (Å²) < 4.78 is 21.4. The van der Waals surface area contributed by atoms with Gasteiger partial charge in [0.05, 0.1) is 51.3 Å². The molecule has 6 aromatic rings. The first-order chi connectivity index (χ1) is 24.5. The second-order valence-electron chi connectivity index (χ2n) is 14.0. The van der Waals surface area contributed by atoms with Gasteiger partial charge in [-0.25, -0.2) is 9.37 Å². The van der Waals surface area contributed by atoms with Gasteiger partial charge in [-0.15, -0.1) is 0 Å². The number of benzene rings is 2. The molecule has 0 radical (unpaired) electrons. The third-order valence-electron chi connectivity index (χ3n) is 10.5. The minimum atomic E-state index is -1.16. The maximum Gasteiger partial charge on any atom is 0.269 e. The molecule has 0 amide bonds. The van der Waals surface area contributed by atoms with Crippen LogP contribution in [0, 0.1) is 23.1 Å². The molecule has 1 saturated carbocycles. The van der Waals surface area contributed by atoms with E-state index in [-0.39, 0.29) is 51.6 Å². The standard InChI is InChI=1S/C39H34Cl2FN7O2/c1-20(48-13-12-44-19-31(48)50)29-16-26-35(22-9-10-30(46-17-22)39(2,3)51)47-36-25(38(26)49(29)37-23-15-28(37)45-18-23)14-21(6-5-11-43)32(34(36)42)24-7-4-8-27(40)33(24)41/h4,7-10,12-14,16-17,19-20,23,28,37,45,51H,5-6,15,18H2,1-3H3/t20?,23-,28-,37+/m1/s1. The first-order valence-corrected chi connectivity index (χ1v) is 17.7. The summed E-state index contributed by atoms with van der Waals surface area (Å²) in [6.07, 6.45) is 7.68. The fraction of sp³-hybridized carbons (Fsp3) is 0.308. The Hall–Kier alpha value is -4.66. The Morgan fingerprint density at radius 1 is 1.18 bits per heavy atom. The zero-order valence-corrected chi connectivity index (χ0v) is 29.7. The Balaban J connectivity index is 1.51. The first kappa shape index (κ1) is 33.5. The lowest BCUT2D eigenvalue weighted by Crippen LogP contribution is -2.40. The van der Waals surface area contributed by atoms with E-state index in [1.807, 2.05) is 19.1 Å². The van der Waals surface area contributed by atoms with E-state index in [2.05, 4.69) is 32.0 Å². The molecule has 258 valence electrons. The number of pyridine rings is 2. The molecular formula is C39H34Cl2FN7O2. The summed E-state index contributed by atoms with van der Waals surface area (Å²) in [7, 11) is 0. The maximum absolute atomic E-state index is 17.5. The minimum absolute atomic E-state index is 0.0549. The van der Waals surface area contributed by atoms with Crippen molar-refractivity contribution in [1.82, 2.24) is 29.4 Å². The third-order valence-corrected chi connectivity index (χ3v) is 11.3. The molecule has 3 aliphatic rings. The zero-order chi connectivity index (χ0) is 35.8. The minimum Gasteiger partial charge on any atom is -0.384 e. The molecule has 12 heteroatoms. The molecule has 6 heterocycles. The number of hydrogen-bond donors (Lipinski definition) is 2. The smallest absolute Gasteiger partial charge is 0.269 e. The highest BCUT2D eigenvalue weighted by atomic mass is 35.5. The van der Waals surface area contributed by atoms with Crippen molar-refractivity contribution >= 4 is 45.0 Å². The zero-order valence-electron chi connectivity index (χ0n) is 28.2. The molecule has 4 atom stereocenters. The van der Waals surface area contributed by atoms with E-state index < -0.39 is 17.5 Å². The first-order valence-electron chi connectivity index (χ1n) is 16.9. The predicted octanol–water partition coefficient (Wildman–Crippen LogP) is 7.75. The molecule has 3 fully saturated rings. The van der Waals surface area contributed by atoms with Crippen LogP contribution in [0.1, 0.15) is 62.6 Å². The monoisotopic (exact) mass is 721 g/mol. The van der Waals surface area contributed by atoms with Crippen LogP contribution in [0.5, 0.6) is 0 Å². The van der Waals surface area contributed by atoms with Crippen LogP contribution in [0.3, 0.4) is 0 Å². The second kappa shape index (κ2) is 12.5. The molecular weight excluding hydrogens is 688 g/mol. The Bertz CT molecular complexity index is 2450. The van der Waals surface area contributed by atoms with Crippen molar-refractivity contribution in [3.8, 4) is 28.5 Å². The second-order valence-corrected chi connectivity index (χ2v) is 14.8. The molecule has 4 aromatic heterocycles. The lowest BCUT2D eigenvalue weighted by Gasteiger charge is -2.38. The van der Waals surface area contributed by atoms with E-state index in [1.54, 1.807) is 61.3 Å². The molecule has 2 aliphatic heterocycles. The molecule has 1 aliphatic carbocycles. The van der Waals surface area contributed by atoms with Gasteiger partial charge in [0.2, 0.25) is 0 Å². The fourth-order valence-corrected chi connectivity index (χ4v) is 8.34. The van der Waals surface area contributed by atoms with Crippen molar-refractivity contribution in [2.45, 2.75) is 63.8 Å². The van der Waals surface area contributed by atoms with Crippen LogP contribution in [0.25, 0.3) is 44.2 Å². The van der Waals surface area contributed by atoms with Gasteiger partial charge in [-0.2, -0.15) is 5.26 Å². The summed E-state index contributed by atoms with van der Waals surface area (Å²) in [4.78, 5) is 26.8. The quantitative estimate of drug-likeness (QED) is 0.165. The number of fused-ring (bicyclic) bond motifs is 4. The van der Waals surface area contributed by atoms with Crippen molar-refractivity contribution in [2.75, 3.05) is 6.54 Å². The van der Waals surface area contributed by atoms with Gasteiger partial charge < -0.3 is 19.6 Å². The van der Waals surface area contributed by atoms with Gasteiger partial charge in [0.15, 0.2) is 5.82 Å². The fourth-order valence-electron chi connectivity index (χ4n) is 7.95. The summed E-state index contributed by atoms with van der Waals surface area (Å²) >= 11 is 13.2. The van der Waals surface area contributed by atoms with Crippen molar-refractivity contribution < 1.29 is 9.50 Å². The van der Waals surface area contributed by atoms with Gasteiger partial charge >= 0.3 is 0 Å². The van der Waals surface area contributed by atoms with Gasteiger partial charge in [-0.05, 0) is 75.4 Å². The topological polar surface area (TPSA) is 122 Å². The lowest BCUT2D eigenvalue weighted by atomic mass is 9.79. The number of aryl methyl sites for hydroxylation is 1. The van der Waals surface area contributed by atoms with Crippen LogP contribution in [0.2, 0.25) is 10.0 Å². The largest absolute Gasteiger partial charge is 0.384 e. The molecule has 0 spiro atoms. The van der Waals surface area contributed by atoms with Crippen molar-refractivity contribution in [2.24, 2.45) is 5.92 Å². The molecule has 2 saturated heterocycles. The number of nitriles is 1. The van der Waals surface area contributed by atoms with Gasteiger partial charge in [0, 0.05) is 70.8 Å². The molecule has 9 nitrogen and oxygen atoms in total. The van der Waals surface area contributed by atoms with Crippen LogP contribution in [-0.2, 0) is 12.0 Å². The summed E-state index contributed by atoms with van der Waals surface area (Å²) in [5.74, 6) is -0.228. The van der Waals surface area contributed by atoms with Gasteiger partial charge in [0.1, 0.15) is 11.1 Å².